The van der Waals surface area contributed by atoms with Gasteiger partial charge in [0, 0.05) is 31.1 Å². The van der Waals surface area contributed by atoms with Crippen molar-refractivity contribution in [3.8, 4) is 0 Å². The molecule has 0 radical (unpaired) electrons. The van der Waals surface area contributed by atoms with E-state index in [1.54, 1.807) is 0 Å². The molecule has 1 N–H and O–H groups in total. The highest BCUT2D eigenvalue weighted by atomic mass is 16.2. The summed E-state index contributed by atoms with van der Waals surface area (Å²) in [6.45, 7) is 3.62. The van der Waals surface area contributed by atoms with E-state index in [9.17, 15) is 9.59 Å². The lowest BCUT2D eigenvalue weighted by atomic mass is 9.95. The van der Waals surface area contributed by atoms with E-state index in [0.717, 1.165) is 31.4 Å². The van der Waals surface area contributed by atoms with Crippen LogP contribution in [0, 0.1) is 5.92 Å². The first-order chi connectivity index (χ1) is 11.7. The number of amides is 2. The Bertz CT molecular complexity index is 508. The molecule has 4 nitrogen and oxygen atoms in total. The number of carbonyl (C=O) groups is 2. The van der Waals surface area contributed by atoms with Crippen molar-refractivity contribution >= 4 is 17.5 Å². The monoisotopic (exact) mass is 330 g/mol. The smallest absolute Gasteiger partial charge is 0.227 e. The van der Waals surface area contributed by atoms with Crippen LogP contribution in [0.15, 0.2) is 30.3 Å². The standard InChI is InChI=1S/C20H30N2O2/c1-2-3-4-5-9-12-19(23)22-15-13-17(14-16-22)20(24)21-18-10-7-6-8-11-18/h6-8,10-11,17H,2-5,9,12-16H2,1H3,(H,21,24). The van der Waals surface area contributed by atoms with Crippen LogP contribution in [0.4, 0.5) is 5.69 Å². The minimum absolute atomic E-state index is 0.0128. The zero-order valence-electron chi connectivity index (χ0n) is 14.8. The molecule has 4 heteroatoms. The van der Waals surface area contributed by atoms with Crippen molar-refractivity contribution in [2.45, 2.75) is 58.3 Å². The van der Waals surface area contributed by atoms with Crippen LogP contribution in [-0.4, -0.2) is 29.8 Å². The molecule has 1 saturated heterocycles. The topological polar surface area (TPSA) is 49.4 Å². The Balaban J connectivity index is 1.67. The van der Waals surface area contributed by atoms with E-state index in [4.69, 9.17) is 0 Å². The highest BCUT2D eigenvalue weighted by Crippen LogP contribution is 2.20. The number of anilines is 1. The Labute approximate surface area is 145 Å². The van der Waals surface area contributed by atoms with Crippen LogP contribution in [0.3, 0.4) is 0 Å². The van der Waals surface area contributed by atoms with Gasteiger partial charge in [-0.1, -0.05) is 50.8 Å². The average Bonchev–Trinajstić information content (AvgIpc) is 2.62. The van der Waals surface area contributed by atoms with Gasteiger partial charge in [-0.2, -0.15) is 0 Å². The quantitative estimate of drug-likeness (QED) is 0.725. The molecule has 2 rings (SSSR count). The number of likely N-dealkylation sites (tertiary alicyclic amines) is 1. The summed E-state index contributed by atoms with van der Waals surface area (Å²) in [5, 5.41) is 2.97. The second kappa shape index (κ2) is 10.1. The fourth-order valence-corrected chi connectivity index (χ4v) is 3.19. The van der Waals surface area contributed by atoms with E-state index < -0.39 is 0 Å². The number of piperidine rings is 1. The van der Waals surface area contributed by atoms with E-state index in [0.29, 0.717) is 19.5 Å². The Kier molecular flexibility index (Phi) is 7.80. The van der Waals surface area contributed by atoms with Gasteiger partial charge in [-0.3, -0.25) is 9.59 Å². The van der Waals surface area contributed by atoms with Crippen molar-refractivity contribution in [2.75, 3.05) is 18.4 Å². The maximum absolute atomic E-state index is 12.3. The van der Waals surface area contributed by atoms with Gasteiger partial charge in [-0.15, -0.1) is 0 Å². The van der Waals surface area contributed by atoms with Gasteiger partial charge < -0.3 is 10.2 Å². The first-order valence-electron chi connectivity index (χ1n) is 9.34. The molecule has 0 unspecified atom stereocenters. The molecule has 1 fully saturated rings. The molecule has 0 atom stereocenters. The SMILES string of the molecule is CCCCCCCC(=O)N1CCC(C(=O)Nc2ccccc2)CC1. The number of unbranched alkanes of at least 4 members (excludes halogenated alkanes) is 4. The maximum atomic E-state index is 12.3. The van der Waals surface area contributed by atoms with Gasteiger partial charge >= 0.3 is 0 Å². The zero-order chi connectivity index (χ0) is 17.2. The number of nitrogens with zero attached hydrogens (tertiary/aromatic N) is 1. The number of nitrogens with one attached hydrogen (secondary N) is 1. The lowest BCUT2D eigenvalue weighted by molar-refractivity contribution is -0.134. The molecule has 0 spiro atoms. The summed E-state index contributed by atoms with van der Waals surface area (Å²) >= 11 is 0. The first kappa shape index (κ1) is 18.5. The largest absolute Gasteiger partial charge is 0.343 e. The van der Waals surface area contributed by atoms with Gasteiger partial charge in [-0.25, -0.2) is 0 Å². The fourth-order valence-electron chi connectivity index (χ4n) is 3.19. The van der Waals surface area contributed by atoms with Gasteiger partial charge in [-0.05, 0) is 31.4 Å². The third-order valence-electron chi connectivity index (χ3n) is 4.75. The molecule has 0 saturated carbocycles. The molecule has 1 aromatic carbocycles. The van der Waals surface area contributed by atoms with Gasteiger partial charge in [0.25, 0.3) is 0 Å². The highest BCUT2D eigenvalue weighted by molar-refractivity contribution is 5.92. The molecule has 1 heterocycles. The van der Waals surface area contributed by atoms with E-state index in [1.165, 1.54) is 19.3 Å². The zero-order valence-corrected chi connectivity index (χ0v) is 14.8. The molecule has 1 aliphatic heterocycles. The predicted octanol–water partition coefficient (Wildman–Crippen LogP) is 4.22. The van der Waals surface area contributed by atoms with Gasteiger partial charge in [0.1, 0.15) is 0 Å². The Morgan fingerprint density at radius 2 is 1.71 bits per heavy atom. The fraction of sp³-hybridized carbons (Fsp3) is 0.600. The van der Waals surface area contributed by atoms with Crippen LogP contribution < -0.4 is 5.32 Å². The predicted molar refractivity (Wildman–Crippen MR) is 97.8 cm³/mol. The number of para-hydroxylation sites is 1. The molecule has 0 bridgehead atoms. The highest BCUT2D eigenvalue weighted by Gasteiger charge is 2.27. The summed E-state index contributed by atoms with van der Waals surface area (Å²) in [5.74, 6) is 0.347. The third kappa shape index (κ3) is 5.99. The summed E-state index contributed by atoms with van der Waals surface area (Å²) in [7, 11) is 0. The molecule has 132 valence electrons. The van der Waals surface area contributed by atoms with Crippen LogP contribution in [0.25, 0.3) is 0 Å². The molecule has 0 aromatic heterocycles. The molecule has 1 aromatic rings. The summed E-state index contributed by atoms with van der Waals surface area (Å²) in [6.07, 6.45) is 8.04. The van der Waals surface area contributed by atoms with Crippen molar-refractivity contribution in [3.63, 3.8) is 0 Å². The molecule has 1 aliphatic rings. The van der Waals surface area contributed by atoms with Gasteiger partial charge in [0.2, 0.25) is 11.8 Å². The second-order valence-electron chi connectivity index (χ2n) is 6.67. The number of benzene rings is 1. The lowest BCUT2D eigenvalue weighted by Gasteiger charge is -2.31. The summed E-state index contributed by atoms with van der Waals surface area (Å²) in [5.41, 5.74) is 0.841. The normalized spacial score (nSPS) is 15.3. The van der Waals surface area contributed by atoms with E-state index in [-0.39, 0.29) is 17.7 Å². The lowest BCUT2D eigenvalue weighted by Crippen LogP contribution is -2.41. The van der Waals surface area contributed by atoms with Crippen molar-refractivity contribution in [1.82, 2.24) is 4.90 Å². The van der Waals surface area contributed by atoms with Crippen molar-refractivity contribution in [2.24, 2.45) is 5.92 Å². The molecular weight excluding hydrogens is 300 g/mol. The van der Waals surface area contributed by atoms with Crippen molar-refractivity contribution in [3.05, 3.63) is 30.3 Å². The van der Waals surface area contributed by atoms with Crippen LogP contribution in [-0.2, 0) is 9.59 Å². The van der Waals surface area contributed by atoms with Crippen molar-refractivity contribution < 1.29 is 9.59 Å². The Morgan fingerprint density at radius 1 is 1.04 bits per heavy atom. The third-order valence-corrected chi connectivity index (χ3v) is 4.75. The number of carbonyl (C=O) groups excluding carboxylic acids is 2. The van der Waals surface area contributed by atoms with Crippen LogP contribution in [0.2, 0.25) is 0 Å². The van der Waals surface area contributed by atoms with Crippen LogP contribution >= 0.6 is 0 Å². The van der Waals surface area contributed by atoms with E-state index >= 15 is 0 Å². The molecular formula is C20H30N2O2. The second-order valence-corrected chi connectivity index (χ2v) is 6.67. The van der Waals surface area contributed by atoms with Crippen LogP contribution in [0.1, 0.15) is 58.3 Å². The summed E-state index contributed by atoms with van der Waals surface area (Å²) in [6, 6.07) is 9.56. The number of hydrogen-bond acceptors (Lipinski definition) is 2. The molecule has 24 heavy (non-hydrogen) atoms. The van der Waals surface area contributed by atoms with E-state index in [1.807, 2.05) is 35.2 Å². The van der Waals surface area contributed by atoms with Crippen LogP contribution in [0.5, 0.6) is 0 Å². The molecule has 0 aliphatic carbocycles. The van der Waals surface area contributed by atoms with E-state index in [2.05, 4.69) is 12.2 Å². The minimum Gasteiger partial charge on any atom is -0.343 e. The van der Waals surface area contributed by atoms with Gasteiger partial charge in [0.05, 0.1) is 0 Å². The van der Waals surface area contributed by atoms with Crippen molar-refractivity contribution in [1.29, 1.82) is 0 Å². The average molecular weight is 330 g/mol. The Morgan fingerprint density at radius 3 is 2.38 bits per heavy atom. The minimum atomic E-state index is 0.0128. The maximum Gasteiger partial charge on any atom is 0.227 e. The van der Waals surface area contributed by atoms with Gasteiger partial charge in [0.15, 0.2) is 0 Å². The number of rotatable bonds is 8. The first-order valence-corrected chi connectivity index (χ1v) is 9.34. The number of hydrogen-bond donors (Lipinski definition) is 1. The molecule has 2 amide bonds. The summed E-state index contributed by atoms with van der Waals surface area (Å²) in [4.78, 5) is 26.5. The summed E-state index contributed by atoms with van der Waals surface area (Å²) < 4.78 is 0. The Hall–Kier alpha value is -1.84.